The SMILES string of the molecule is CCCCCCCC=CC=CC=C(C)C(=O)O. The van der Waals surface area contributed by atoms with Gasteiger partial charge in [-0.05, 0) is 19.8 Å². The van der Waals surface area contributed by atoms with Crippen molar-refractivity contribution in [3.05, 3.63) is 36.0 Å². The van der Waals surface area contributed by atoms with Crippen molar-refractivity contribution in [3.8, 4) is 0 Å². The van der Waals surface area contributed by atoms with E-state index in [2.05, 4.69) is 13.0 Å². The molecule has 0 aliphatic rings. The number of carboxylic acids is 1. The standard InChI is InChI=1S/C15H24O2/c1-3-4-5-6-7-8-9-10-11-12-13-14(2)15(16)17/h9-13H,3-8H2,1-2H3,(H,16,17). The van der Waals surface area contributed by atoms with E-state index in [1.165, 1.54) is 32.1 Å². The minimum Gasteiger partial charge on any atom is -0.478 e. The van der Waals surface area contributed by atoms with Crippen molar-refractivity contribution in [1.29, 1.82) is 0 Å². The van der Waals surface area contributed by atoms with Gasteiger partial charge in [-0.25, -0.2) is 4.79 Å². The molecule has 0 aromatic heterocycles. The van der Waals surface area contributed by atoms with E-state index >= 15 is 0 Å². The summed E-state index contributed by atoms with van der Waals surface area (Å²) in [6.07, 6.45) is 17.0. The van der Waals surface area contributed by atoms with Crippen molar-refractivity contribution in [1.82, 2.24) is 0 Å². The summed E-state index contributed by atoms with van der Waals surface area (Å²) in [4.78, 5) is 10.5. The molecular weight excluding hydrogens is 212 g/mol. The molecule has 0 amide bonds. The molecule has 0 atom stereocenters. The first kappa shape index (κ1) is 15.7. The molecule has 0 fully saturated rings. The minimum absolute atomic E-state index is 0.356. The summed E-state index contributed by atoms with van der Waals surface area (Å²) >= 11 is 0. The predicted octanol–water partition coefficient (Wildman–Crippen LogP) is 4.49. The van der Waals surface area contributed by atoms with Crippen molar-refractivity contribution < 1.29 is 9.90 Å². The largest absolute Gasteiger partial charge is 0.478 e. The Kier molecular flexibility index (Phi) is 10.3. The Morgan fingerprint density at radius 1 is 1.06 bits per heavy atom. The minimum atomic E-state index is -0.866. The molecule has 0 saturated heterocycles. The highest BCUT2D eigenvalue weighted by atomic mass is 16.4. The lowest BCUT2D eigenvalue weighted by molar-refractivity contribution is -0.132. The van der Waals surface area contributed by atoms with Crippen LogP contribution in [0.5, 0.6) is 0 Å². The second-order valence-corrected chi connectivity index (χ2v) is 4.17. The van der Waals surface area contributed by atoms with Crippen LogP contribution < -0.4 is 0 Å². The molecule has 2 nitrogen and oxygen atoms in total. The monoisotopic (exact) mass is 236 g/mol. The first-order chi connectivity index (χ1) is 8.18. The molecule has 0 heterocycles. The zero-order valence-electron chi connectivity index (χ0n) is 11.0. The third kappa shape index (κ3) is 11.0. The van der Waals surface area contributed by atoms with Gasteiger partial charge >= 0.3 is 5.97 Å². The Morgan fingerprint density at radius 3 is 2.41 bits per heavy atom. The normalized spacial score (nSPS) is 12.7. The van der Waals surface area contributed by atoms with Gasteiger partial charge < -0.3 is 5.11 Å². The van der Waals surface area contributed by atoms with E-state index in [0.29, 0.717) is 5.57 Å². The second kappa shape index (κ2) is 11.2. The van der Waals surface area contributed by atoms with Gasteiger partial charge in [-0.3, -0.25) is 0 Å². The predicted molar refractivity (Wildman–Crippen MR) is 73.0 cm³/mol. The number of unbranched alkanes of at least 4 members (excludes halogenated alkanes) is 5. The highest BCUT2D eigenvalue weighted by Crippen LogP contribution is 2.05. The van der Waals surface area contributed by atoms with Gasteiger partial charge in [0.25, 0.3) is 0 Å². The average molecular weight is 236 g/mol. The van der Waals surface area contributed by atoms with Crippen LogP contribution in [-0.2, 0) is 4.79 Å². The summed E-state index contributed by atoms with van der Waals surface area (Å²) in [5, 5.41) is 8.61. The smallest absolute Gasteiger partial charge is 0.331 e. The number of carbonyl (C=O) groups is 1. The lowest BCUT2D eigenvalue weighted by Gasteiger charge is -1.95. The van der Waals surface area contributed by atoms with Gasteiger partial charge in [-0.1, -0.05) is 63.0 Å². The first-order valence-corrected chi connectivity index (χ1v) is 6.42. The van der Waals surface area contributed by atoms with E-state index in [9.17, 15) is 4.79 Å². The van der Waals surface area contributed by atoms with Gasteiger partial charge in [0.2, 0.25) is 0 Å². The number of carboxylic acid groups (broad SMARTS) is 1. The molecule has 96 valence electrons. The van der Waals surface area contributed by atoms with E-state index in [1.807, 2.05) is 12.2 Å². The van der Waals surface area contributed by atoms with Crippen LogP contribution in [0.15, 0.2) is 36.0 Å². The number of rotatable bonds is 9. The molecule has 0 unspecified atom stereocenters. The summed E-state index contributed by atoms with van der Waals surface area (Å²) in [6, 6.07) is 0. The van der Waals surface area contributed by atoms with Crippen molar-refractivity contribution >= 4 is 5.97 Å². The zero-order valence-corrected chi connectivity index (χ0v) is 11.0. The second-order valence-electron chi connectivity index (χ2n) is 4.17. The summed E-state index contributed by atoms with van der Waals surface area (Å²) in [7, 11) is 0. The summed E-state index contributed by atoms with van der Waals surface area (Å²) < 4.78 is 0. The van der Waals surface area contributed by atoms with Crippen LogP contribution >= 0.6 is 0 Å². The molecule has 0 rings (SSSR count). The number of hydrogen-bond donors (Lipinski definition) is 1. The molecular formula is C15H24O2. The van der Waals surface area contributed by atoms with Crippen LogP contribution in [0.25, 0.3) is 0 Å². The molecule has 0 aliphatic carbocycles. The fourth-order valence-corrected chi connectivity index (χ4v) is 1.38. The fourth-order valence-electron chi connectivity index (χ4n) is 1.38. The molecule has 0 aliphatic heterocycles. The van der Waals surface area contributed by atoms with Crippen molar-refractivity contribution in [3.63, 3.8) is 0 Å². The highest BCUT2D eigenvalue weighted by Gasteiger charge is 1.94. The molecule has 0 aromatic rings. The Morgan fingerprint density at radius 2 is 1.76 bits per heavy atom. The van der Waals surface area contributed by atoms with Crippen LogP contribution in [0.1, 0.15) is 52.4 Å². The maximum absolute atomic E-state index is 10.5. The van der Waals surface area contributed by atoms with Crippen molar-refractivity contribution in [2.75, 3.05) is 0 Å². The fraction of sp³-hybridized carbons (Fsp3) is 0.533. The molecule has 2 heteroatoms. The van der Waals surface area contributed by atoms with Gasteiger partial charge in [0.05, 0.1) is 0 Å². The quantitative estimate of drug-likeness (QED) is 0.364. The Labute approximate surface area is 105 Å². The van der Waals surface area contributed by atoms with Crippen LogP contribution in [0.2, 0.25) is 0 Å². The summed E-state index contributed by atoms with van der Waals surface area (Å²) in [5.41, 5.74) is 0.356. The third-order valence-corrected chi connectivity index (χ3v) is 2.52. The summed E-state index contributed by atoms with van der Waals surface area (Å²) in [5.74, 6) is -0.866. The first-order valence-electron chi connectivity index (χ1n) is 6.42. The van der Waals surface area contributed by atoms with E-state index in [-0.39, 0.29) is 0 Å². The van der Waals surface area contributed by atoms with E-state index in [1.54, 1.807) is 19.1 Å². The van der Waals surface area contributed by atoms with Gasteiger partial charge in [0, 0.05) is 5.57 Å². The molecule has 0 radical (unpaired) electrons. The molecule has 17 heavy (non-hydrogen) atoms. The van der Waals surface area contributed by atoms with Crippen LogP contribution in [0, 0.1) is 0 Å². The van der Waals surface area contributed by atoms with Gasteiger partial charge in [-0.15, -0.1) is 0 Å². The van der Waals surface area contributed by atoms with E-state index < -0.39 is 5.97 Å². The number of allylic oxidation sites excluding steroid dienone is 5. The zero-order chi connectivity index (χ0) is 12.9. The van der Waals surface area contributed by atoms with Gasteiger partial charge in [-0.2, -0.15) is 0 Å². The van der Waals surface area contributed by atoms with Gasteiger partial charge in [0.15, 0.2) is 0 Å². The lowest BCUT2D eigenvalue weighted by Crippen LogP contribution is -1.94. The Bertz CT molecular complexity index is 285. The molecule has 0 aromatic carbocycles. The highest BCUT2D eigenvalue weighted by molar-refractivity contribution is 5.86. The maximum atomic E-state index is 10.5. The average Bonchev–Trinajstić information content (AvgIpc) is 2.31. The van der Waals surface area contributed by atoms with Crippen LogP contribution in [0.3, 0.4) is 0 Å². The number of aliphatic carboxylic acids is 1. The third-order valence-electron chi connectivity index (χ3n) is 2.52. The van der Waals surface area contributed by atoms with Crippen LogP contribution in [0.4, 0.5) is 0 Å². The van der Waals surface area contributed by atoms with Crippen LogP contribution in [-0.4, -0.2) is 11.1 Å². The van der Waals surface area contributed by atoms with Crippen molar-refractivity contribution in [2.45, 2.75) is 52.4 Å². The maximum Gasteiger partial charge on any atom is 0.331 e. The molecule has 0 bridgehead atoms. The topological polar surface area (TPSA) is 37.3 Å². The van der Waals surface area contributed by atoms with Gasteiger partial charge in [0.1, 0.15) is 0 Å². The Hall–Kier alpha value is -1.31. The van der Waals surface area contributed by atoms with E-state index in [4.69, 9.17) is 5.11 Å². The van der Waals surface area contributed by atoms with Crippen molar-refractivity contribution in [2.24, 2.45) is 0 Å². The molecule has 0 saturated carbocycles. The lowest BCUT2D eigenvalue weighted by atomic mass is 10.1. The summed E-state index contributed by atoms with van der Waals surface area (Å²) in [6.45, 7) is 3.81. The van der Waals surface area contributed by atoms with E-state index in [0.717, 1.165) is 6.42 Å². The molecule has 0 spiro atoms. The molecule has 1 N–H and O–H groups in total. The number of hydrogen-bond acceptors (Lipinski definition) is 1. The Balaban J connectivity index is 3.57.